The number of aryl methyl sites for hydroxylation is 1. The average molecular weight is 375 g/mol. The van der Waals surface area contributed by atoms with Crippen molar-refractivity contribution in [2.75, 3.05) is 13.1 Å². The van der Waals surface area contributed by atoms with E-state index in [1.54, 1.807) is 23.0 Å². The lowest BCUT2D eigenvalue weighted by Crippen LogP contribution is -2.49. The zero-order chi connectivity index (χ0) is 18.9. The molecule has 0 aromatic carbocycles. The Bertz CT molecular complexity index is 791. The van der Waals surface area contributed by atoms with Crippen molar-refractivity contribution in [3.8, 4) is 0 Å². The summed E-state index contributed by atoms with van der Waals surface area (Å²) in [5.74, 6) is 0.709. The number of hydrogen-bond donors (Lipinski definition) is 1. The minimum atomic E-state index is -0.110. The predicted octanol–water partition coefficient (Wildman–Crippen LogP) is 2.45. The van der Waals surface area contributed by atoms with Crippen molar-refractivity contribution >= 4 is 23.2 Å². The number of thiocarbonyl (C=S) groups is 1. The first-order chi connectivity index (χ1) is 12.3. The SMILES string of the molecule is Cn1nc(C(C)(C)C)cc1C(=O)N1CCCN1C(=S)NCc1ccco1. The second-order valence-electron chi connectivity index (χ2n) is 7.43. The van der Waals surface area contributed by atoms with Gasteiger partial charge in [-0.25, -0.2) is 5.01 Å². The molecule has 0 unspecified atom stereocenters. The van der Waals surface area contributed by atoms with Crippen LogP contribution in [0.1, 0.15) is 49.1 Å². The van der Waals surface area contributed by atoms with Crippen LogP contribution in [0, 0.1) is 0 Å². The number of nitrogens with zero attached hydrogens (tertiary/aromatic N) is 4. The van der Waals surface area contributed by atoms with Crippen molar-refractivity contribution in [2.45, 2.75) is 39.2 Å². The minimum absolute atomic E-state index is 0.0878. The molecule has 1 fully saturated rings. The second-order valence-corrected chi connectivity index (χ2v) is 7.82. The minimum Gasteiger partial charge on any atom is -0.467 e. The quantitative estimate of drug-likeness (QED) is 0.832. The van der Waals surface area contributed by atoms with Crippen molar-refractivity contribution < 1.29 is 9.21 Å². The highest BCUT2D eigenvalue weighted by molar-refractivity contribution is 7.80. The van der Waals surface area contributed by atoms with E-state index in [-0.39, 0.29) is 11.3 Å². The molecule has 1 saturated heterocycles. The molecule has 0 saturated carbocycles. The number of nitrogens with one attached hydrogen (secondary N) is 1. The molecular weight excluding hydrogens is 350 g/mol. The molecule has 0 spiro atoms. The summed E-state index contributed by atoms with van der Waals surface area (Å²) < 4.78 is 6.96. The molecule has 140 valence electrons. The normalized spacial score (nSPS) is 14.8. The summed E-state index contributed by atoms with van der Waals surface area (Å²) in [4.78, 5) is 13.1. The molecule has 1 aliphatic heterocycles. The highest BCUT2D eigenvalue weighted by Crippen LogP contribution is 2.23. The van der Waals surface area contributed by atoms with Crippen LogP contribution in [-0.2, 0) is 19.0 Å². The Hall–Kier alpha value is -2.35. The zero-order valence-electron chi connectivity index (χ0n) is 15.7. The van der Waals surface area contributed by atoms with Crippen LogP contribution >= 0.6 is 12.2 Å². The van der Waals surface area contributed by atoms with E-state index in [2.05, 4.69) is 31.2 Å². The van der Waals surface area contributed by atoms with Crippen molar-refractivity contribution in [3.63, 3.8) is 0 Å². The van der Waals surface area contributed by atoms with Gasteiger partial charge >= 0.3 is 0 Å². The molecule has 3 heterocycles. The Morgan fingerprint density at radius 1 is 1.35 bits per heavy atom. The van der Waals surface area contributed by atoms with Crippen LogP contribution in [0.25, 0.3) is 0 Å². The van der Waals surface area contributed by atoms with Crippen molar-refractivity contribution in [2.24, 2.45) is 7.05 Å². The first-order valence-corrected chi connectivity index (χ1v) is 9.12. The van der Waals surface area contributed by atoms with Gasteiger partial charge in [0.1, 0.15) is 11.5 Å². The van der Waals surface area contributed by atoms with Gasteiger partial charge in [-0.05, 0) is 36.8 Å². The van der Waals surface area contributed by atoms with Gasteiger partial charge in [-0.3, -0.25) is 14.5 Å². The first-order valence-electron chi connectivity index (χ1n) is 8.71. The number of amides is 1. The summed E-state index contributed by atoms with van der Waals surface area (Å²) in [5, 5.41) is 11.7. The lowest BCUT2D eigenvalue weighted by atomic mass is 9.92. The first kappa shape index (κ1) is 18.4. The van der Waals surface area contributed by atoms with Crippen LogP contribution in [0.5, 0.6) is 0 Å². The number of hydrogen-bond acceptors (Lipinski definition) is 4. The van der Waals surface area contributed by atoms with Gasteiger partial charge in [0.25, 0.3) is 5.91 Å². The smallest absolute Gasteiger partial charge is 0.290 e. The number of hydrazine groups is 1. The van der Waals surface area contributed by atoms with Crippen LogP contribution in [0.3, 0.4) is 0 Å². The molecule has 3 rings (SSSR count). The summed E-state index contributed by atoms with van der Waals surface area (Å²) in [5.41, 5.74) is 1.35. The topological polar surface area (TPSA) is 66.5 Å². The third-order valence-electron chi connectivity index (χ3n) is 4.36. The van der Waals surface area contributed by atoms with Gasteiger partial charge in [0.05, 0.1) is 18.5 Å². The Morgan fingerprint density at radius 2 is 2.08 bits per heavy atom. The van der Waals surface area contributed by atoms with Crippen molar-refractivity contribution in [1.29, 1.82) is 0 Å². The molecule has 7 nitrogen and oxygen atoms in total. The summed E-state index contributed by atoms with van der Waals surface area (Å²) >= 11 is 5.49. The number of furan rings is 1. The molecule has 0 atom stereocenters. The summed E-state index contributed by atoms with van der Waals surface area (Å²) in [6.45, 7) is 8.08. The molecule has 1 amide bonds. The third kappa shape index (κ3) is 3.75. The van der Waals surface area contributed by atoms with Gasteiger partial charge in [-0.2, -0.15) is 5.10 Å². The molecule has 1 N–H and O–H groups in total. The Morgan fingerprint density at radius 3 is 2.69 bits per heavy atom. The number of carbonyl (C=O) groups is 1. The lowest BCUT2D eigenvalue weighted by molar-refractivity contribution is 0.0479. The van der Waals surface area contributed by atoms with Gasteiger partial charge in [0, 0.05) is 25.6 Å². The number of carbonyl (C=O) groups excluding carboxylic acids is 1. The maximum absolute atomic E-state index is 13.1. The van der Waals surface area contributed by atoms with Gasteiger partial charge < -0.3 is 9.73 Å². The molecule has 26 heavy (non-hydrogen) atoms. The van der Waals surface area contributed by atoms with Crippen LogP contribution < -0.4 is 5.32 Å². The summed E-state index contributed by atoms with van der Waals surface area (Å²) in [6.07, 6.45) is 2.50. The maximum atomic E-state index is 13.1. The fourth-order valence-corrected chi connectivity index (χ4v) is 3.13. The highest BCUT2D eigenvalue weighted by Gasteiger charge is 2.32. The number of aromatic nitrogens is 2. The van der Waals surface area contributed by atoms with E-state index in [4.69, 9.17) is 16.6 Å². The van der Waals surface area contributed by atoms with E-state index < -0.39 is 0 Å². The molecular formula is C18H25N5O2S. The average Bonchev–Trinajstić information content (AvgIpc) is 3.31. The van der Waals surface area contributed by atoms with Gasteiger partial charge in [0.2, 0.25) is 0 Å². The van der Waals surface area contributed by atoms with Gasteiger partial charge in [0.15, 0.2) is 5.11 Å². The number of rotatable bonds is 3. The van der Waals surface area contributed by atoms with E-state index >= 15 is 0 Å². The fourth-order valence-electron chi connectivity index (χ4n) is 2.87. The highest BCUT2D eigenvalue weighted by atomic mass is 32.1. The standard InChI is InChI=1S/C18H25N5O2S/c1-18(2,3)15-11-14(21(4)20-15)16(24)22-8-6-9-23(22)17(26)19-12-13-7-5-10-25-13/h5,7,10-11H,6,8-9,12H2,1-4H3,(H,19,26). The largest absolute Gasteiger partial charge is 0.467 e. The van der Waals surface area contributed by atoms with Crippen molar-refractivity contribution in [3.05, 3.63) is 41.6 Å². The van der Waals surface area contributed by atoms with Gasteiger partial charge in [-0.1, -0.05) is 20.8 Å². The third-order valence-corrected chi connectivity index (χ3v) is 4.72. The Kier molecular flexibility index (Phi) is 5.04. The molecule has 0 aliphatic carbocycles. The van der Waals surface area contributed by atoms with Crippen molar-refractivity contribution in [1.82, 2.24) is 25.1 Å². The second kappa shape index (κ2) is 7.11. The fraction of sp³-hybridized carbons (Fsp3) is 0.500. The molecule has 1 aliphatic rings. The monoisotopic (exact) mass is 375 g/mol. The van der Waals surface area contributed by atoms with Crippen LogP contribution in [0.15, 0.2) is 28.9 Å². The molecule has 0 radical (unpaired) electrons. The Balaban J connectivity index is 1.72. The van der Waals surface area contributed by atoms with Crippen LogP contribution in [0.2, 0.25) is 0 Å². The van der Waals surface area contributed by atoms with Crippen LogP contribution in [0.4, 0.5) is 0 Å². The lowest BCUT2D eigenvalue weighted by Gasteiger charge is -2.30. The van der Waals surface area contributed by atoms with Gasteiger partial charge in [-0.15, -0.1) is 0 Å². The molecule has 2 aromatic heterocycles. The molecule has 0 bridgehead atoms. The van der Waals surface area contributed by atoms with E-state index in [9.17, 15) is 4.79 Å². The van der Waals surface area contributed by atoms with E-state index in [1.165, 1.54) is 0 Å². The maximum Gasteiger partial charge on any atom is 0.290 e. The summed E-state index contributed by atoms with van der Waals surface area (Å²) in [6, 6.07) is 5.59. The predicted molar refractivity (Wildman–Crippen MR) is 102 cm³/mol. The van der Waals surface area contributed by atoms with E-state index in [0.29, 0.717) is 30.4 Å². The van der Waals surface area contributed by atoms with E-state index in [0.717, 1.165) is 17.9 Å². The summed E-state index contributed by atoms with van der Waals surface area (Å²) in [7, 11) is 1.80. The Labute approximate surface area is 158 Å². The molecule has 8 heteroatoms. The van der Waals surface area contributed by atoms with E-state index in [1.807, 2.05) is 23.2 Å². The molecule has 2 aromatic rings. The zero-order valence-corrected chi connectivity index (χ0v) is 16.5. The van der Waals surface area contributed by atoms with Crippen LogP contribution in [-0.4, -0.2) is 43.9 Å².